The van der Waals surface area contributed by atoms with Gasteiger partial charge >= 0.3 is 5.97 Å². The molecule has 1 aliphatic rings. The maximum atomic E-state index is 13.6. The van der Waals surface area contributed by atoms with Crippen molar-refractivity contribution < 1.29 is 29.3 Å². The number of carboxylic acids is 1. The molecule has 0 radical (unpaired) electrons. The molecule has 0 bridgehead atoms. The predicted molar refractivity (Wildman–Crippen MR) is 135 cm³/mol. The monoisotopic (exact) mass is 520 g/mol. The van der Waals surface area contributed by atoms with Gasteiger partial charge in [0, 0.05) is 24.6 Å². The van der Waals surface area contributed by atoms with Crippen molar-refractivity contribution in [2.45, 2.75) is 63.3 Å². The van der Waals surface area contributed by atoms with Crippen molar-refractivity contribution in [2.75, 3.05) is 0 Å². The average molecular weight is 521 g/mol. The van der Waals surface area contributed by atoms with Gasteiger partial charge in [0.2, 0.25) is 0 Å². The van der Waals surface area contributed by atoms with E-state index in [1.165, 1.54) is 12.1 Å². The maximum absolute atomic E-state index is 13.6. The number of nitrogens with zero attached hydrogens (tertiary/aromatic N) is 3. The highest BCUT2D eigenvalue weighted by Crippen LogP contribution is 2.43. The van der Waals surface area contributed by atoms with Crippen molar-refractivity contribution in [3.05, 3.63) is 76.9 Å². The normalized spacial score (nSPS) is 14.5. The molecule has 1 fully saturated rings. The summed E-state index contributed by atoms with van der Waals surface area (Å²) >= 11 is 0. The molecule has 2 atom stereocenters. The van der Waals surface area contributed by atoms with Gasteiger partial charge in [0.05, 0.1) is 36.0 Å². The minimum Gasteiger partial charge on any atom is -0.481 e. The number of hydrogen-bond donors (Lipinski definition) is 4. The van der Waals surface area contributed by atoms with Crippen LogP contribution in [0.2, 0.25) is 0 Å². The molecule has 1 saturated carbocycles. The van der Waals surface area contributed by atoms with Gasteiger partial charge in [-0.05, 0) is 67.6 Å². The van der Waals surface area contributed by atoms with E-state index in [1.807, 2.05) is 4.57 Å². The van der Waals surface area contributed by atoms with Crippen LogP contribution in [-0.2, 0) is 17.9 Å². The first-order valence-corrected chi connectivity index (χ1v) is 12.5. The van der Waals surface area contributed by atoms with E-state index in [0.29, 0.717) is 17.0 Å². The Bertz CT molecular complexity index is 1330. The van der Waals surface area contributed by atoms with Gasteiger partial charge in [0.25, 0.3) is 5.91 Å². The molecule has 0 saturated heterocycles. The molecule has 1 aromatic heterocycles. The molecule has 1 heterocycles. The van der Waals surface area contributed by atoms with Gasteiger partial charge < -0.3 is 25.2 Å². The molecule has 3 aromatic rings. The quantitative estimate of drug-likeness (QED) is 0.286. The van der Waals surface area contributed by atoms with Gasteiger partial charge in [-0.2, -0.15) is 5.26 Å². The van der Waals surface area contributed by atoms with Crippen LogP contribution in [0, 0.1) is 17.1 Å². The molecule has 0 spiro atoms. The van der Waals surface area contributed by atoms with Crippen molar-refractivity contribution >= 4 is 11.9 Å². The van der Waals surface area contributed by atoms with Crippen LogP contribution >= 0.6 is 0 Å². The highest BCUT2D eigenvalue weighted by Gasteiger charge is 2.35. The first-order valence-electron chi connectivity index (χ1n) is 12.5. The summed E-state index contributed by atoms with van der Waals surface area (Å²) in [4.78, 5) is 28.8. The summed E-state index contributed by atoms with van der Waals surface area (Å²) in [5.41, 5.74) is 2.96. The Balaban J connectivity index is 1.59. The zero-order chi connectivity index (χ0) is 27.2. The summed E-state index contributed by atoms with van der Waals surface area (Å²) < 4.78 is 15.5. The third-order valence-electron chi connectivity index (χ3n) is 6.46. The number of imidazole rings is 1. The first kappa shape index (κ1) is 27.0. The van der Waals surface area contributed by atoms with Crippen molar-refractivity contribution in [3.63, 3.8) is 0 Å². The average Bonchev–Trinajstić information content (AvgIpc) is 3.66. The van der Waals surface area contributed by atoms with Crippen LogP contribution in [0.5, 0.6) is 0 Å². The summed E-state index contributed by atoms with van der Waals surface area (Å²) in [5, 5.41) is 41.1. The van der Waals surface area contributed by atoms with E-state index in [-0.39, 0.29) is 43.5 Å². The molecule has 9 nitrogen and oxygen atoms in total. The van der Waals surface area contributed by atoms with E-state index >= 15 is 0 Å². The smallest absolute Gasteiger partial charge is 0.305 e. The molecule has 0 unspecified atom stereocenters. The van der Waals surface area contributed by atoms with Crippen LogP contribution in [0.4, 0.5) is 4.39 Å². The Morgan fingerprint density at radius 3 is 2.39 bits per heavy atom. The number of benzene rings is 2. The summed E-state index contributed by atoms with van der Waals surface area (Å²) in [6.07, 6.45) is -0.729. The first-order chi connectivity index (χ1) is 18.2. The van der Waals surface area contributed by atoms with Crippen molar-refractivity contribution in [1.29, 1.82) is 5.26 Å². The minimum absolute atomic E-state index is 0.0937. The molecule has 38 heavy (non-hydrogen) atoms. The van der Waals surface area contributed by atoms with E-state index in [4.69, 9.17) is 10.4 Å². The second-order valence-corrected chi connectivity index (χ2v) is 9.52. The number of aliphatic hydroxyl groups excluding tert-OH is 2. The number of nitriles is 1. The van der Waals surface area contributed by atoms with Gasteiger partial charge in [0.1, 0.15) is 17.3 Å². The zero-order valence-corrected chi connectivity index (χ0v) is 20.7. The lowest BCUT2D eigenvalue weighted by Gasteiger charge is -2.17. The lowest BCUT2D eigenvalue weighted by Crippen LogP contribution is -2.25. The van der Waals surface area contributed by atoms with Crippen LogP contribution in [0.1, 0.15) is 65.3 Å². The van der Waals surface area contributed by atoms with Crippen LogP contribution in [0.3, 0.4) is 0 Å². The number of carbonyl (C=O) groups excluding carboxylic acids is 1. The molecule has 198 valence electrons. The van der Waals surface area contributed by atoms with Gasteiger partial charge in [-0.3, -0.25) is 9.59 Å². The van der Waals surface area contributed by atoms with Gasteiger partial charge in [0.15, 0.2) is 0 Å². The highest BCUT2D eigenvalue weighted by atomic mass is 19.1. The Morgan fingerprint density at radius 1 is 1.11 bits per heavy atom. The summed E-state index contributed by atoms with van der Waals surface area (Å²) in [6.45, 7) is 0.517. The lowest BCUT2D eigenvalue weighted by molar-refractivity contribution is -0.139. The number of carbonyl (C=O) groups is 2. The van der Waals surface area contributed by atoms with Crippen LogP contribution in [0.25, 0.3) is 11.4 Å². The van der Waals surface area contributed by atoms with Gasteiger partial charge in [-0.1, -0.05) is 12.1 Å². The Morgan fingerprint density at radius 2 is 1.79 bits per heavy atom. The molecule has 2 aromatic carbocycles. The SMILES string of the molecule is N#Cc1ccc(CNC(=O)c2nc(-c3ccc(F)cc3)n(CC[C@@H](O)C[C@@H](O)CC(=O)O)c2C2CC2)cc1. The molecule has 4 rings (SSSR count). The van der Waals surface area contributed by atoms with Crippen LogP contribution < -0.4 is 5.32 Å². The van der Waals surface area contributed by atoms with E-state index in [1.54, 1.807) is 36.4 Å². The summed E-state index contributed by atoms with van der Waals surface area (Å²) in [5.74, 6) is -1.34. The second-order valence-electron chi connectivity index (χ2n) is 9.52. The van der Waals surface area contributed by atoms with Crippen LogP contribution in [0.15, 0.2) is 48.5 Å². The molecule has 4 N–H and O–H groups in total. The van der Waals surface area contributed by atoms with E-state index in [9.17, 15) is 24.2 Å². The Kier molecular flexibility index (Phi) is 8.51. The van der Waals surface area contributed by atoms with Crippen LogP contribution in [-0.4, -0.2) is 49.0 Å². The zero-order valence-electron chi connectivity index (χ0n) is 20.7. The fraction of sp³-hybridized carbons (Fsp3) is 0.357. The second kappa shape index (κ2) is 12.0. The van der Waals surface area contributed by atoms with E-state index < -0.39 is 30.4 Å². The number of aliphatic hydroxyl groups is 2. The van der Waals surface area contributed by atoms with E-state index in [2.05, 4.69) is 16.4 Å². The molecule has 1 amide bonds. The molecular weight excluding hydrogens is 491 g/mol. The Hall–Kier alpha value is -4.07. The van der Waals surface area contributed by atoms with Crippen molar-refractivity contribution in [2.24, 2.45) is 0 Å². The molecular formula is C28H29FN4O5. The van der Waals surface area contributed by atoms with E-state index in [0.717, 1.165) is 24.1 Å². The Labute approximate surface area is 219 Å². The summed E-state index contributed by atoms with van der Waals surface area (Å²) in [7, 11) is 0. The maximum Gasteiger partial charge on any atom is 0.305 e. The molecule has 0 aliphatic heterocycles. The fourth-order valence-electron chi connectivity index (χ4n) is 4.41. The predicted octanol–water partition coefficient (Wildman–Crippen LogP) is 3.34. The van der Waals surface area contributed by atoms with Gasteiger partial charge in [-0.25, -0.2) is 9.37 Å². The number of rotatable bonds is 12. The lowest BCUT2D eigenvalue weighted by atomic mass is 10.1. The number of carboxylic acid groups (broad SMARTS) is 1. The number of aliphatic carboxylic acids is 1. The third-order valence-corrected chi connectivity index (χ3v) is 6.46. The van der Waals surface area contributed by atoms with Gasteiger partial charge in [-0.15, -0.1) is 0 Å². The summed E-state index contributed by atoms with van der Waals surface area (Å²) in [6, 6.07) is 14.7. The van der Waals surface area contributed by atoms with Crippen molar-refractivity contribution in [3.8, 4) is 17.5 Å². The molecule has 10 heteroatoms. The topological polar surface area (TPSA) is 148 Å². The fourth-order valence-corrected chi connectivity index (χ4v) is 4.41. The highest BCUT2D eigenvalue weighted by molar-refractivity contribution is 5.94. The number of halogens is 1. The number of aromatic nitrogens is 2. The number of nitrogens with one attached hydrogen (secondary N) is 1. The third kappa shape index (κ3) is 6.82. The number of hydrogen-bond acceptors (Lipinski definition) is 6. The largest absolute Gasteiger partial charge is 0.481 e. The standard InChI is InChI=1S/C28H29FN4O5/c29-21-9-7-20(8-10-21)27-32-25(28(38)31-16-18-3-1-17(15-30)2-4-18)26(19-5-6-19)33(27)12-11-22(34)13-23(35)14-24(36)37/h1-4,7-10,19,22-23,34-35H,5-6,11-14,16H2,(H,31,38)(H,36,37)/t22-,23-/m1/s1. The molecule has 1 aliphatic carbocycles. The minimum atomic E-state index is -1.17. The number of amides is 1. The van der Waals surface area contributed by atoms with Crippen molar-refractivity contribution in [1.82, 2.24) is 14.9 Å².